The molecule has 0 atom stereocenters. The zero-order valence-electron chi connectivity index (χ0n) is 20.0. The molecule has 172 valence electrons. The van der Waals surface area contributed by atoms with E-state index in [-0.39, 0.29) is 5.97 Å². The molecular weight excluding hydrogens is 416 g/mol. The number of esters is 1. The Morgan fingerprint density at radius 1 is 0.970 bits per heavy atom. The number of methoxy groups -OCH3 is 1. The van der Waals surface area contributed by atoms with E-state index in [1.807, 2.05) is 71.0 Å². The molecule has 0 radical (unpaired) electrons. The Morgan fingerprint density at radius 2 is 1.67 bits per heavy atom. The molecule has 33 heavy (non-hydrogen) atoms. The number of hydrogen-bond donors (Lipinski definition) is 0. The average molecular weight is 447 g/mol. The molecule has 6 heteroatoms. The van der Waals surface area contributed by atoms with Gasteiger partial charge in [0.1, 0.15) is 11.4 Å². The van der Waals surface area contributed by atoms with Crippen molar-refractivity contribution in [3.05, 3.63) is 83.0 Å². The summed E-state index contributed by atoms with van der Waals surface area (Å²) in [6.45, 7) is 9.77. The Labute approximate surface area is 195 Å². The van der Waals surface area contributed by atoms with Gasteiger partial charge in [-0.1, -0.05) is 35.9 Å². The van der Waals surface area contributed by atoms with Crippen LogP contribution in [0, 0.1) is 13.8 Å². The lowest BCUT2D eigenvalue weighted by molar-refractivity contribution is 0.0572. The lowest BCUT2D eigenvalue weighted by Gasteiger charge is -2.28. The van der Waals surface area contributed by atoms with Crippen LogP contribution in [-0.2, 0) is 16.0 Å². The maximum atomic E-state index is 13.1. The minimum absolute atomic E-state index is 0.307. The molecule has 6 nitrogen and oxygen atoms in total. The number of pyridine rings is 1. The summed E-state index contributed by atoms with van der Waals surface area (Å²) in [5.41, 5.74) is 4.70. The van der Waals surface area contributed by atoms with Crippen LogP contribution in [0.5, 0.6) is 0 Å². The quantitative estimate of drug-likeness (QED) is 0.443. The minimum atomic E-state index is -0.628. The van der Waals surface area contributed by atoms with Gasteiger partial charge in [-0.2, -0.15) is 0 Å². The fraction of sp³-hybridized carbons (Fsp3) is 0.296. The van der Waals surface area contributed by atoms with Crippen molar-refractivity contribution in [2.24, 2.45) is 0 Å². The first-order chi connectivity index (χ1) is 15.6. The Balaban J connectivity index is 1.96. The summed E-state index contributed by atoms with van der Waals surface area (Å²) in [5, 5.41) is 0. The van der Waals surface area contributed by atoms with Crippen molar-refractivity contribution in [1.29, 1.82) is 0 Å². The predicted molar refractivity (Wildman–Crippen MR) is 129 cm³/mol. The van der Waals surface area contributed by atoms with Crippen LogP contribution >= 0.6 is 0 Å². The second kappa shape index (κ2) is 9.86. The molecule has 3 aromatic rings. The zero-order chi connectivity index (χ0) is 24.2. The Morgan fingerprint density at radius 3 is 2.27 bits per heavy atom. The second-order valence-electron chi connectivity index (χ2n) is 8.99. The molecule has 1 amide bonds. The van der Waals surface area contributed by atoms with Gasteiger partial charge in [-0.15, -0.1) is 0 Å². The van der Waals surface area contributed by atoms with Crippen molar-refractivity contribution in [1.82, 2.24) is 4.98 Å². The van der Waals surface area contributed by atoms with E-state index in [1.54, 1.807) is 23.2 Å². The van der Waals surface area contributed by atoms with Crippen molar-refractivity contribution < 1.29 is 19.1 Å². The van der Waals surface area contributed by atoms with Crippen LogP contribution < -0.4 is 4.90 Å². The first-order valence-corrected chi connectivity index (χ1v) is 10.8. The molecule has 0 N–H and O–H groups in total. The van der Waals surface area contributed by atoms with E-state index >= 15 is 0 Å². The molecule has 0 aliphatic carbocycles. The SMILES string of the molecule is COC(=O)c1ccc(-c2cc(C)cc(CN(C(=O)OC(C)(C)C)c3ncccc3C)c2)cc1. The van der Waals surface area contributed by atoms with Crippen LogP contribution in [0.25, 0.3) is 11.1 Å². The Hall–Kier alpha value is -3.67. The maximum absolute atomic E-state index is 13.1. The molecule has 0 saturated heterocycles. The lowest BCUT2D eigenvalue weighted by atomic mass is 9.99. The van der Waals surface area contributed by atoms with Gasteiger partial charge in [-0.25, -0.2) is 14.6 Å². The summed E-state index contributed by atoms with van der Waals surface area (Å²) < 4.78 is 10.5. The molecule has 0 aliphatic heterocycles. The summed E-state index contributed by atoms with van der Waals surface area (Å²) in [7, 11) is 1.36. The molecule has 1 heterocycles. The van der Waals surface area contributed by atoms with E-state index in [1.165, 1.54) is 7.11 Å². The second-order valence-corrected chi connectivity index (χ2v) is 8.99. The largest absolute Gasteiger partial charge is 0.465 e. The van der Waals surface area contributed by atoms with Crippen LogP contribution in [0.15, 0.2) is 60.8 Å². The molecule has 3 rings (SSSR count). The highest BCUT2D eigenvalue weighted by atomic mass is 16.6. The van der Waals surface area contributed by atoms with Gasteiger partial charge in [0.2, 0.25) is 0 Å². The Kier molecular flexibility index (Phi) is 7.16. The minimum Gasteiger partial charge on any atom is -0.465 e. The summed E-state index contributed by atoms with van der Waals surface area (Å²) in [5.74, 6) is 0.197. The molecule has 0 fully saturated rings. The first kappa shape index (κ1) is 24.0. The summed E-state index contributed by atoms with van der Waals surface area (Å²) >= 11 is 0. The number of rotatable bonds is 5. The highest BCUT2D eigenvalue weighted by Gasteiger charge is 2.25. The van der Waals surface area contributed by atoms with Crippen LogP contribution in [0.1, 0.15) is 47.8 Å². The van der Waals surface area contributed by atoms with Gasteiger partial charge in [0.05, 0.1) is 19.2 Å². The predicted octanol–water partition coefficient (Wildman–Crippen LogP) is 6.09. The smallest absolute Gasteiger partial charge is 0.416 e. The number of hydrogen-bond acceptors (Lipinski definition) is 5. The van der Waals surface area contributed by atoms with E-state index < -0.39 is 11.7 Å². The molecule has 0 spiro atoms. The first-order valence-electron chi connectivity index (χ1n) is 10.8. The van der Waals surface area contributed by atoms with Crippen LogP contribution in [-0.4, -0.2) is 29.8 Å². The number of nitrogens with zero attached hydrogens (tertiary/aromatic N) is 2. The maximum Gasteiger partial charge on any atom is 0.416 e. The van der Waals surface area contributed by atoms with Gasteiger partial charge in [-0.3, -0.25) is 4.90 Å². The van der Waals surface area contributed by atoms with Gasteiger partial charge in [-0.05, 0) is 81.1 Å². The molecular formula is C27H30N2O4. The zero-order valence-corrected chi connectivity index (χ0v) is 20.0. The molecule has 0 aliphatic rings. The molecule has 1 aromatic heterocycles. The van der Waals surface area contributed by atoms with Crippen LogP contribution in [0.4, 0.5) is 10.6 Å². The van der Waals surface area contributed by atoms with Gasteiger partial charge in [0.25, 0.3) is 0 Å². The third-order valence-electron chi connectivity index (χ3n) is 4.97. The van der Waals surface area contributed by atoms with Crippen LogP contribution in [0.2, 0.25) is 0 Å². The fourth-order valence-electron chi connectivity index (χ4n) is 3.52. The number of carbonyl (C=O) groups excluding carboxylic acids is 2. The van der Waals surface area contributed by atoms with Crippen molar-refractivity contribution in [3.63, 3.8) is 0 Å². The van der Waals surface area contributed by atoms with Crippen LogP contribution in [0.3, 0.4) is 0 Å². The molecule has 2 aromatic carbocycles. The molecule has 0 saturated carbocycles. The van der Waals surface area contributed by atoms with Crippen molar-refractivity contribution in [2.75, 3.05) is 12.0 Å². The van der Waals surface area contributed by atoms with Crippen molar-refractivity contribution >= 4 is 17.9 Å². The number of carbonyl (C=O) groups is 2. The molecule has 0 bridgehead atoms. The normalized spacial score (nSPS) is 11.1. The average Bonchev–Trinajstić information content (AvgIpc) is 2.76. The number of aryl methyl sites for hydroxylation is 2. The van der Waals surface area contributed by atoms with Crippen molar-refractivity contribution in [3.8, 4) is 11.1 Å². The number of ether oxygens (including phenoxy) is 2. The lowest BCUT2D eigenvalue weighted by Crippen LogP contribution is -2.37. The van der Waals surface area contributed by atoms with E-state index in [0.717, 1.165) is 27.8 Å². The summed E-state index contributed by atoms with van der Waals surface area (Å²) in [6.07, 6.45) is 1.22. The third-order valence-corrected chi connectivity index (χ3v) is 4.97. The fourth-order valence-corrected chi connectivity index (χ4v) is 3.52. The topological polar surface area (TPSA) is 68.7 Å². The van der Waals surface area contributed by atoms with Gasteiger partial charge >= 0.3 is 12.1 Å². The van der Waals surface area contributed by atoms with E-state index in [0.29, 0.717) is 17.9 Å². The van der Waals surface area contributed by atoms with E-state index in [2.05, 4.69) is 11.1 Å². The highest BCUT2D eigenvalue weighted by Crippen LogP contribution is 2.27. The number of anilines is 1. The van der Waals surface area contributed by atoms with Gasteiger partial charge in [0.15, 0.2) is 0 Å². The number of amides is 1. The van der Waals surface area contributed by atoms with E-state index in [4.69, 9.17) is 9.47 Å². The van der Waals surface area contributed by atoms with E-state index in [9.17, 15) is 9.59 Å². The number of aromatic nitrogens is 1. The monoisotopic (exact) mass is 446 g/mol. The standard InChI is InChI=1S/C27H30N2O4/c1-18-14-20(16-23(15-18)21-9-11-22(12-10-21)25(30)32-6)17-29(26(31)33-27(3,4)5)24-19(2)8-7-13-28-24/h7-16H,17H2,1-6H3. The number of benzene rings is 2. The molecule has 0 unspecified atom stereocenters. The highest BCUT2D eigenvalue weighted by molar-refractivity contribution is 5.90. The van der Waals surface area contributed by atoms with Crippen molar-refractivity contribution in [2.45, 2.75) is 46.8 Å². The van der Waals surface area contributed by atoms with Gasteiger partial charge in [0, 0.05) is 6.20 Å². The Bertz CT molecular complexity index is 1150. The third kappa shape index (κ3) is 6.19. The van der Waals surface area contributed by atoms with Gasteiger partial charge < -0.3 is 9.47 Å². The summed E-state index contributed by atoms with van der Waals surface area (Å²) in [4.78, 5) is 30.9. The summed E-state index contributed by atoms with van der Waals surface area (Å²) in [6, 6.07) is 17.2.